The van der Waals surface area contributed by atoms with Crippen LogP contribution >= 0.6 is 0 Å². The first-order valence-electron chi connectivity index (χ1n) is 13.3. The van der Waals surface area contributed by atoms with E-state index < -0.39 is 0 Å². The number of amides is 1. The molecule has 2 fully saturated rings. The molecule has 0 N–H and O–H groups in total. The third kappa shape index (κ3) is 5.66. The molecule has 0 radical (unpaired) electrons. The lowest BCUT2D eigenvalue weighted by Crippen LogP contribution is -2.39. The number of likely N-dealkylation sites (tertiary alicyclic amines) is 2. The minimum Gasteiger partial charge on any atom is -0.494 e. The Morgan fingerprint density at radius 1 is 1.03 bits per heavy atom. The molecule has 3 aromatic rings. The number of methoxy groups -OCH3 is 2. The molecular weight excluding hydrogens is 470 g/mol. The van der Waals surface area contributed by atoms with E-state index in [9.17, 15) is 4.79 Å². The summed E-state index contributed by atoms with van der Waals surface area (Å²) in [5.74, 6) is 1.11. The first-order valence-corrected chi connectivity index (χ1v) is 13.3. The Morgan fingerprint density at radius 2 is 1.86 bits per heavy atom. The van der Waals surface area contributed by atoms with Gasteiger partial charge in [0.25, 0.3) is 5.91 Å². The first-order chi connectivity index (χ1) is 18.1. The molecule has 0 saturated carbocycles. The highest BCUT2D eigenvalue weighted by molar-refractivity contribution is 5.92. The third-order valence-electron chi connectivity index (χ3n) is 7.68. The van der Waals surface area contributed by atoms with Gasteiger partial charge in [0.1, 0.15) is 11.4 Å². The smallest absolute Gasteiger partial charge is 0.320 e. The molecule has 1 atom stereocenters. The van der Waals surface area contributed by atoms with Crippen molar-refractivity contribution in [3.05, 3.63) is 42.2 Å². The maximum Gasteiger partial charge on any atom is 0.320 e. The molecule has 0 spiro atoms. The summed E-state index contributed by atoms with van der Waals surface area (Å²) in [5.41, 5.74) is 1.49. The fourth-order valence-electron chi connectivity index (χ4n) is 5.55. The molecule has 0 unspecified atom stereocenters. The second-order valence-corrected chi connectivity index (χ2v) is 9.98. The number of carbonyl (C=O) groups is 1. The number of piperidine rings is 1. The number of hydrogen-bond donors (Lipinski definition) is 0. The zero-order valence-corrected chi connectivity index (χ0v) is 22.1. The maximum atomic E-state index is 13.1. The van der Waals surface area contributed by atoms with Crippen molar-refractivity contribution in [3.63, 3.8) is 0 Å². The van der Waals surface area contributed by atoms with Crippen molar-refractivity contribution >= 4 is 16.8 Å². The van der Waals surface area contributed by atoms with Crippen molar-refractivity contribution in [1.29, 1.82) is 0 Å². The lowest BCUT2D eigenvalue weighted by molar-refractivity contribution is 0.0688. The van der Waals surface area contributed by atoms with Crippen LogP contribution in [0.2, 0.25) is 0 Å². The van der Waals surface area contributed by atoms with Crippen LogP contribution in [0.3, 0.4) is 0 Å². The number of fused-ring (bicyclic) bond motifs is 1. The Balaban J connectivity index is 1.16. The number of aromatic nitrogens is 3. The monoisotopic (exact) mass is 507 g/mol. The van der Waals surface area contributed by atoms with E-state index in [0.29, 0.717) is 31.1 Å². The first kappa shape index (κ1) is 25.3. The summed E-state index contributed by atoms with van der Waals surface area (Å²) in [6.07, 6.45) is 7.60. The van der Waals surface area contributed by atoms with Gasteiger partial charge in [-0.2, -0.15) is 9.97 Å². The van der Waals surface area contributed by atoms with Crippen molar-refractivity contribution in [2.24, 2.45) is 0 Å². The number of rotatable bonds is 9. The lowest BCUT2D eigenvalue weighted by atomic mass is 10.0. The zero-order chi connectivity index (χ0) is 25.8. The quantitative estimate of drug-likeness (QED) is 0.402. The lowest BCUT2D eigenvalue weighted by Gasteiger charge is -2.33. The van der Waals surface area contributed by atoms with Gasteiger partial charge in [-0.1, -0.05) is 0 Å². The van der Waals surface area contributed by atoms with Crippen LogP contribution in [0.15, 0.2) is 36.5 Å². The van der Waals surface area contributed by atoms with Crippen LogP contribution in [-0.2, 0) is 0 Å². The van der Waals surface area contributed by atoms with Gasteiger partial charge in [0.15, 0.2) is 0 Å². The molecule has 0 bridgehead atoms. The Kier molecular flexibility index (Phi) is 7.79. The van der Waals surface area contributed by atoms with Gasteiger partial charge in [0.2, 0.25) is 5.88 Å². The summed E-state index contributed by atoms with van der Waals surface area (Å²) in [6, 6.07) is 11.3. The van der Waals surface area contributed by atoms with E-state index in [1.165, 1.54) is 44.5 Å². The Morgan fingerprint density at radius 3 is 2.59 bits per heavy atom. The van der Waals surface area contributed by atoms with Crippen molar-refractivity contribution < 1.29 is 19.0 Å². The van der Waals surface area contributed by atoms with Crippen molar-refractivity contribution in [1.82, 2.24) is 24.3 Å². The highest BCUT2D eigenvalue weighted by Gasteiger charge is 2.27. The fraction of sp³-hybridized carbons (Fsp3) is 0.536. The predicted octanol–water partition coefficient (Wildman–Crippen LogP) is 4.18. The molecule has 0 aliphatic carbocycles. The second kappa shape index (κ2) is 11.4. The Bertz CT molecular complexity index is 1200. The average Bonchev–Trinajstić information content (AvgIpc) is 3.55. The highest BCUT2D eigenvalue weighted by Crippen LogP contribution is 2.30. The van der Waals surface area contributed by atoms with Crippen LogP contribution in [0, 0.1) is 0 Å². The van der Waals surface area contributed by atoms with Crippen LogP contribution in [0.5, 0.6) is 17.6 Å². The number of hydrogen-bond acceptors (Lipinski definition) is 7. The van der Waals surface area contributed by atoms with E-state index in [0.717, 1.165) is 38.2 Å². The second-order valence-electron chi connectivity index (χ2n) is 9.98. The molecule has 2 aliphatic rings. The summed E-state index contributed by atoms with van der Waals surface area (Å²) in [4.78, 5) is 25.8. The zero-order valence-electron chi connectivity index (χ0n) is 22.1. The predicted molar refractivity (Wildman–Crippen MR) is 142 cm³/mol. The van der Waals surface area contributed by atoms with Crippen LogP contribution in [0.25, 0.3) is 10.9 Å². The average molecular weight is 508 g/mol. The molecule has 9 heteroatoms. The molecule has 9 nitrogen and oxygen atoms in total. The Labute approximate surface area is 218 Å². The molecule has 1 aromatic carbocycles. The standard InChI is InChI=1S/C28H37N5O4/c1-20-6-4-12-31(20)13-5-17-37-23-7-8-25-21(18-23)9-16-33(25)22-10-14-32(15-11-22)27(34)24-19-26(35-2)30-28(29-24)36-3/h7-9,16,18-20,22H,4-6,10-15,17H2,1-3H3/t20-/m1/s1. The van der Waals surface area contributed by atoms with Crippen molar-refractivity contribution in [3.8, 4) is 17.6 Å². The number of carbonyl (C=O) groups excluding carboxylic acids is 1. The number of ether oxygens (including phenoxy) is 3. The largest absolute Gasteiger partial charge is 0.494 e. The molecule has 2 aromatic heterocycles. The van der Waals surface area contributed by atoms with Crippen molar-refractivity contribution in [2.75, 3.05) is 47.0 Å². The van der Waals surface area contributed by atoms with E-state index in [2.05, 4.69) is 56.8 Å². The van der Waals surface area contributed by atoms with Crippen LogP contribution in [-0.4, -0.2) is 83.3 Å². The normalized spacial score (nSPS) is 18.9. The number of nitrogens with zero attached hydrogens (tertiary/aromatic N) is 5. The summed E-state index contributed by atoms with van der Waals surface area (Å²) in [6.45, 7) is 6.72. The maximum absolute atomic E-state index is 13.1. The minimum atomic E-state index is -0.129. The molecule has 1 amide bonds. The van der Waals surface area contributed by atoms with Gasteiger partial charge in [0.05, 0.1) is 20.8 Å². The van der Waals surface area contributed by atoms with Crippen LogP contribution in [0.4, 0.5) is 0 Å². The Hall–Kier alpha value is -3.33. The van der Waals surface area contributed by atoms with Gasteiger partial charge >= 0.3 is 6.01 Å². The van der Waals surface area contributed by atoms with Gasteiger partial charge in [0, 0.05) is 54.9 Å². The summed E-state index contributed by atoms with van der Waals surface area (Å²) >= 11 is 0. The van der Waals surface area contributed by atoms with E-state index >= 15 is 0 Å². The molecular formula is C28H37N5O4. The van der Waals surface area contributed by atoms with Crippen molar-refractivity contribution in [2.45, 2.75) is 51.1 Å². The number of benzene rings is 1. The molecule has 4 heterocycles. The molecule has 2 aliphatic heterocycles. The van der Waals surface area contributed by atoms with Gasteiger partial charge < -0.3 is 28.6 Å². The van der Waals surface area contributed by atoms with E-state index in [1.54, 1.807) is 6.07 Å². The summed E-state index contributed by atoms with van der Waals surface area (Å²) in [7, 11) is 2.98. The fourth-order valence-corrected chi connectivity index (χ4v) is 5.55. The van der Waals surface area contributed by atoms with Gasteiger partial charge in [-0.05, 0) is 69.8 Å². The third-order valence-corrected chi connectivity index (χ3v) is 7.68. The molecule has 5 rings (SSSR count). The SMILES string of the molecule is COc1cc(C(=O)N2CCC(n3ccc4cc(OCCCN5CCC[C@H]5C)ccc43)CC2)nc(OC)n1. The van der Waals surface area contributed by atoms with Gasteiger partial charge in [-0.15, -0.1) is 0 Å². The topological polar surface area (TPSA) is 82.0 Å². The van der Waals surface area contributed by atoms with Crippen LogP contribution in [0.1, 0.15) is 55.6 Å². The van der Waals surface area contributed by atoms with E-state index in [1.807, 2.05) is 4.90 Å². The highest BCUT2D eigenvalue weighted by atomic mass is 16.5. The van der Waals surface area contributed by atoms with Gasteiger partial charge in [-0.25, -0.2) is 0 Å². The van der Waals surface area contributed by atoms with E-state index in [4.69, 9.17) is 14.2 Å². The molecule has 198 valence electrons. The molecule has 37 heavy (non-hydrogen) atoms. The molecule has 2 saturated heterocycles. The summed E-state index contributed by atoms with van der Waals surface area (Å²) < 4.78 is 18.7. The van der Waals surface area contributed by atoms with E-state index in [-0.39, 0.29) is 17.6 Å². The minimum absolute atomic E-state index is 0.126. The summed E-state index contributed by atoms with van der Waals surface area (Å²) in [5, 5.41) is 1.18. The van der Waals surface area contributed by atoms with Gasteiger partial charge in [-0.3, -0.25) is 4.79 Å². The van der Waals surface area contributed by atoms with Crippen LogP contribution < -0.4 is 14.2 Å².